The molecular formula is C5H6ClI. The molecule has 0 aliphatic rings. The lowest BCUT2D eigenvalue weighted by molar-refractivity contribution is 1.74. The van der Waals surface area contributed by atoms with Gasteiger partial charge in [0.15, 0.2) is 0 Å². The molecule has 0 aliphatic carbocycles. The van der Waals surface area contributed by atoms with Gasteiger partial charge in [-0.15, -0.1) is 0 Å². The second-order valence-corrected chi connectivity index (χ2v) is 2.46. The summed E-state index contributed by atoms with van der Waals surface area (Å²) in [5.74, 6) is 0. The Morgan fingerprint density at radius 3 is 2.43 bits per heavy atom. The first-order valence-electron chi connectivity index (χ1n) is 1.90. The zero-order chi connectivity index (χ0) is 5.70. The number of halogens is 2. The molecule has 0 bridgehead atoms. The van der Waals surface area contributed by atoms with Crippen molar-refractivity contribution in [3.8, 4) is 0 Å². The SMILES string of the molecule is C/C=C/C(I)=C/Cl. The minimum Gasteiger partial charge on any atom is -0.0918 e. The van der Waals surface area contributed by atoms with Gasteiger partial charge in [-0.25, -0.2) is 0 Å². The van der Waals surface area contributed by atoms with E-state index in [1.165, 1.54) is 0 Å². The zero-order valence-electron chi connectivity index (χ0n) is 3.99. The molecular weight excluding hydrogens is 222 g/mol. The van der Waals surface area contributed by atoms with Crippen LogP contribution in [0.4, 0.5) is 0 Å². The summed E-state index contributed by atoms with van der Waals surface area (Å²) in [5.41, 5.74) is 1.54. The van der Waals surface area contributed by atoms with Crippen LogP contribution < -0.4 is 0 Å². The molecule has 0 heterocycles. The van der Waals surface area contributed by atoms with Gasteiger partial charge in [0, 0.05) is 9.12 Å². The Labute approximate surface area is 62.4 Å². The highest BCUT2D eigenvalue weighted by atomic mass is 127. The van der Waals surface area contributed by atoms with E-state index < -0.39 is 0 Å². The topological polar surface area (TPSA) is 0 Å². The summed E-state index contributed by atoms with van der Waals surface area (Å²) in [6.07, 6.45) is 3.88. The van der Waals surface area contributed by atoms with E-state index in [4.69, 9.17) is 11.6 Å². The number of rotatable bonds is 1. The van der Waals surface area contributed by atoms with Crippen LogP contribution in [0, 0.1) is 0 Å². The van der Waals surface area contributed by atoms with Gasteiger partial charge in [-0.1, -0.05) is 23.8 Å². The van der Waals surface area contributed by atoms with Crippen molar-refractivity contribution >= 4 is 34.2 Å². The highest BCUT2D eigenvalue weighted by Crippen LogP contribution is 2.07. The van der Waals surface area contributed by atoms with Gasteiger partial charge < -0.3 is 0 Å². The van der Waals surface area contributed by atoms with E-state index in [-0.39, 0.29) is 0 Å². The monoisotopic (exact) mass is 228 g/mol. The van der Waals surface area contributed by atoms with Crippen LogP contribution in [0.15, 0.2) is 21.3 Å². The van der Waals surface area contributed by atoms with Crippen LogP contribution >= 0.6 is 34.2 Å². The molecule has 2 heteroatoms. The van der Waals surface area contributed by atoms with E-state index in [1.54, 1.807) is 5.54 Å². The van der Waals surface area contributed by atoms with Gasteiger partial charge in [-0.3, -0.25) is 0 Å². The van der Waals surface area contributed by atoms with Crippen molar-refractivity contribution in [3.63, 3.8) is 0 Å². The summed E-state index contributed by atoms with van der Waals surface area (Å²) in [6, 6.07) is 0. The van der Waals surface area contributed by atoms with Crippen molar-refractivity contribution < 1.29 is 0 Å². The first-order valence-corrected chi connectivity index (χ1v) is 3.41. The molecule has 0 radical (unpaired) electrons. The van der Waals surface area contributed by atoms with Crippen LogP contribution in [-0.2, 0) is 0 Å². The predicted molar refractivity (Wildman–Crippen MR) is 42.8 cm³/mol. The molecule has 0 rings (SSSR count). The molecule has 0 nitrogen and oxygen atoms in total. The molecule has 0 fully saturated rings. The fourth-order valence-corrected chi connectivity index (χ4v) is 0.628. The van der Waals surface area contributed by atoms with Gasteiger partial charge in [-0.05, 0) is 29.5 Å². The van der Waals surface area contributed by atoms with Crippen molar-refractivity contribution in [2.75, 3.05) is 0 Å². The molecule has 0 aromatic rings. The van der Waals surface area contributed by atoms with Crippen LogP contribution in [-0.4, -0.2) is 0 Å². The van der Waals surface area contributed by atoms with Crippen LogP contribution in [0.25, 0.3) is 0 Å². The first kappa shape index (κ1) is 7.50. The summed E-state index contributed by atoms with van der Waals surface area (Å²) >= 11 is 7.46. The van der Waals surface area contributed by atoms with Crippen LogP contribution in [0.1, 0.15) is 6.92 Å². The number of hydrogen-bond donors (Lipinski definition) is 0. The van der Waals surface area contributed by atoms with Crippen LogP contribution in [0.5, 0.6) is 0 Å². The molecule has 0 atom stereocenters. The Morgan fingerprint density at radius 1 is 1.71 bits per heavy atom. The van der Waals surface area contributed by atoms with Crippen molar-refractivity contribution in [2.45, 2.75) is 6.92 Å². The van der Waals surface area contributed by atoms with E-state index in [2.05, 4.69) is 22.6 Å². The summed E-state index contributed by atoms with van der Waals surface area (Å²) in [5, 5.41) is 0. The molecule has 0 saturated heterocycles. The number of allylic oxidation sites excluding steroid dienone is 3. The lowest BCUT2D eigenvalue weighted by Crippen LogP contribution is -1.51. The van der Waals surface area contributed by atoms with Gasteiger partial charge in [-0.2, -0.15) is 0 Å². The molecule has 0 unspecified atom stereocenters. The molecule has 0 saturated carbocycles. The van der Waals surface area contributed by atoms with E-state index >= 15 is 0 Å². The van der Waals surface area contributed by atoms with Crippen molar-refractivity contribution in [3.05, 3.63) is 21.3 Å². The van der Waals surface area contributed by atoms with Crippen molar-refractivity contribution in [1.82, 2.24) is 0 Å². The Balaban J connectivity index is 3.58. The standard InChI is InChI=1S/C5H6ClI/c1-2-3-5(7)4-6/h2-4H,1H3/b3-2+,5-4-. The summed E-state index contributed by atoms with van der Waals surface area (Å²) < 4.78 is 1.06. The maximum Gasteiger partial charge on any atom is 0.0240 e. The molecule has 40 valence electrons. The molecule has 7 heavy (non-hydrogen) atoms. The summed E-state index contributed by atoms with van der Waals surface area (Å²) in [6.45, 7) is 1.96. The lowest BCUT2D eigenvalue weighted by Gasteiger charge is -1.77. The normalized spacial score (nSPS) is 13.3. The largest absolute Gasteiger partial charge is 0.0918 e. The van der Waals surface area contributed by atoms with E-state index in [0.717, 1.165) is 3.58 Å². The maximum atomic E-state index is 5.31. The highest BCUT2D eigenvalue weighted by molar-refractivity contribution is 14.1. The zero-order valence-corrected chi connectivity index (χ0v) is 6.90. The van der Waals surface area contributed by atoms with Gasteiger partial charge >= 0.3 is 0 Å². The second kappa shape index (κ2) is 4.65. The smallest absolute Gasteiger partial charge is 0.0240 e. The molecule has 0 aliphatic heterocycles. The van der Waals surface area contributed by atoms with Crippen molar-refractivity contribution in [2.24, 2.45) is 0 Å². The van der Waals surface area contributed by atoms with Crippen LogP contribution in [0.3, 0.4) is 0 Å². The molecule has 0 aromatic heterocycles. The Hall–Kier alpha value is 0.500. The van der Waals surface area contributed by atoms with Gasteiger partial charge in [0.2, 0.25) is 0 Å². The maximum absolute atomic E-state index is 5.31. The van der Waals surface area contributed by atoms with Crippen LogP contribution in [0.2, 0.25) is 0 Å². The molecule has 0 amide bonds. The fourth-order valence-electron chi connectivity index (χ4n) is 0.196. The van der Waals surface area contributed by atoms with Crippen molar-refractivity contribution in [1.29, 1.82) is 0 Å². The lowest BCUT2D eigenvalue weighted by atomic mass is 10.5. The third-order valence-corrected chi connectivity index (χ3v) is 1.70. The van der Waals surface area contributed by atoms with E-state index in [9.17, 15) is 0 Å². The average molecular weight is 228 g/mol. The number of hydrogen-bond acceptors (Lipinski definition) is 0. The third-order valence-electron chi connectivity index (χ3n) is 0.430. The Morgan fingerprint density at radius 2 is 2.29 bits per heavy atom. The van der Waals surface area contributed by atoms with E-state index in [1.807, 2.05) is 19.1 Å². The third kappa shape index (κ3) is 4.35. The molecule has 0 aromatic carbocycles. The summed E-state index contributed by atoms with van der Waals surface area (Å²) in [7, 11) is 0. The average Bonchev–Trinajstić information content (AvgIpc) is 1.68. The Kier molecular flexibility index (Phi) is 4.99. The van der Waals surface area contributed by atoms with Gasteiger partial charge in [0.05, 0.1) is 0 Å². The first-order chi connectivity index (χ1) is 3.31. The molecule has 0 spiro atoms. The second-order valence-electron chi connectivity index (χ2n) is 0.994. The summed E-state index contributed by atoms with van der Waals surface area (Å²) in [4.78, 5) is 0. The minimum absolute atomic E-state index is 1.06. The Bertz CT molecular complexity index is 94.3. The quantitative estimate of drug-likeness (QED) is 0.478. The fraction of sp³-hybridized carbons (Fsp3) is 0.200. The molecule has 0 N–H and O–H groups in total. The van der Waals surface area contributed by atoms with Gasteiger partial charge in [0.1, 0.15) is 0 Å². The minimum atomic E-state index is 1.06. The van der Waals surface area contributed by atoms with Gasteiger partial charge in [0.25, 0.3) is 0 Å². The van der Waals surface area contributed by atoms with E-state index in [0.29, 0.717) is 0 Å². The predicted octanol–water partition coefficient (Wildman–Crippen LogP) is 3.08. The highest BCUT2D eigenvalue weighted by Gasteiger charge is 1.74.